The number of hydrogen-bond donors (Lipinski definition) is 2. The molecule has 0 radical (unpaired) electrons. The Morgan fingerprint density at radius 2 is 1.90 bits per heavy atom. The van der Waals surface area contributed by atoms with Crippen molar-refractivity contribution in [3.05, 3.63) is 52.5 Å². The summed E-state index contributed by atoms with van der Waals surface area (Å²) >= 11 is 11.7. The van der Waals surface area contributed by atoms with Crippen LogP contribution in [0.5, 0.6) is 5.75 Å². The standard InChI is InChI=1S/C15H14Cl2N2O2/c1-21-14-5-3-2-4-13(14)18-9-15(20)19-10-6-7-11(16)12(17)8-10/h2-8,18H,9H2,1H3,(H,19,20). The lowest BCUT2D eigenvalue weighted by Gasteiger charge is -2.11. The van der Waals surface area contributed by atoms with Gasteiger partial charge in [-0.05, 0) is 30.3 Å². The number of carbonyl (C=O) groups excluding carboxylic acids is 1. The first kappa shape index (κ1) is 15.5. The third-order valence-electron chi connectivity index (χ3n) is 2.75. The van der Waals surface area contributed by atoms with E-state index in [0.29, 0.717) is 21.5 Å². The van der Waals surface area contributed by atoms with E-state index in [1.165, 1.54) is 0 Å². The van der Waals surface area contributed by atoms with Crippen molar-refractivity contribution in [2.75, 3.05) is 24.3 Å². The van der Waals surface area contributed by atoms with Crippen molar-refractivity contribution in [3.8, 4) is 5.75 Å². The van der Waals surface area contributed by atoms with Gasteiger partial charge in [0.2, 0.25) is 5.91 Å². The molecule has 110 valence electrons. The zero-order valence-corrected chi connectivity index (χ0v) is 12.8. The molecule has 0 aliphatic heterocycles. The molecule has 0 saturated heterocycles. The zero-order chi connectivity index (χ0) is 15.2. The van der Waals surface area contributed by atoms with Gasteiger partial charge in [0.15, 0.2) is 0 Å². The Morgan fingerprint density at radius 3 is 2.62 bits per heavy atom. The summed E-state index contributed by atoms with van der Waals surface area (Å²) < 4.78 is 5.20. The van der Waals surface area contributed by atoms with Crippen LogP contribution in [-0.2, 0) is 4.79 Å². The number of anilines is 2. The van der Waals surface area contributed by atoms with Gasteiger partial charge in [0, 0.05) is 5.69 Å². The van der Waals surface area contributed by atoms with Gasteiger partial charge < -0.3 is 15.4 Å². The highest BCUT2D eigenvalue weighted by molar-refractivity contribution is 6.42. The normalized spacial score (nSPS) is 10.0. The summed E-state index contributed by atoms with van der Waals surface area (Å²) in [7, 11) is 1.58. The van der Waals surface area contributed by atoms with E-state index in [2.05, 4.69) is 10.6 Å². The molecule has 0 spiro atoms. The number of ether oxygens (including phenoxy) is 1. The summed E-state index contributed by atoms with van der Waals surface area (Å²) in [5.74, 6) is 0.485. The maximum atomic E-state index is 11.9. The molecule has 2 N–H and O–H groups in total. The Hall–Kier alpha value is -1.91. The first-order valence-corrected chi connectivity index (χ1v) is 6.97. The van der Waals surface area contributed by atoms with Gasteiger partial charge in [-0.2, -0.15) is 0 Å². The van der Waals surface area contributed by atoms with Crippen molar-refractivity contribution in [2.45, 2.75) is 0 Å². The number of amides is 1. The molecule has 2 rings (SSSR count). The highest BCUT2D eigenvalue weighted by atomic mass is 35.5. The van der Waals surface area contributed by atoms with Gasteiger partial charge in [-0.25, -0.2) is 0 Å². The molecule has 0 heterocycles. The molecule has 1 amide bonds. The lowest BCUT2D eigenvalue weighted by molar-refractivity contribution is -0.114. The monoisotopic (exact) mass is 324 g/mol. The highest BCUT2D eigenvalue weighted by Gasteiger charge is 2.06. The molecule has 0 fully saturated rings. The average molecular weight is 325 g/mol. The van der Waals surface area contributed by atoms with Gasteiger partial charge in [0.05, 0.1) is 29.4 Å². The Balaban J connectivity index is 1.94. The molecule has 0 unspecified atom stereocenters. The Kier molecular flexibility index (Phi) is 5.31. The molecule has 2 aromatic rings. The van der Waals surface area contributed by atoms with Crippen LogP contribution in [-0.4, -0.2) is 19.6 Å². The van der Waals surface area contributed by atoms with Crippen LogP contribution in [0.25, 0.3) is 0 Å². The van der Waals surface area contributed by atoms with Gasteiger partial charge in [0.25, 0.3) is 0 Å². The zero-order valence-electron chi connectivity index (χ0n) is 11.3. The van der Waals surface area contributed by atoms with Crippen LogP contribution >= 0.6 is 23.2 Å². The maximum Gasteiger partial charge on any atom is 0.243 e. The molecule has 6 heteroatoms. The molecule has 4 nitrogen and oxygen atoms in total. The minimum Gasteiger partial charge on any atom is -0.495 e. The summed E-state index contributed by atoms with van der Waals surface area (Å²) in [6, 6.07) is 12.3. The summed E-state index contributed by atoms with van der Waals surface area (Å²) in [5.41, 5.74) is 1.35. The van der Waals surface area contributed by atoms with Crippen molar-refractivity contribution < 1.29 is 9.53 Å². The topological polar surface area (TPSA) is 50.4 Å². The van der Waals surface area contributed by atoms with Crippen molar-refractivity contribution in [1.82, 2.24) is 0 Å². The van der Waals surface area contributed by atoms with Gasteiger partial charge in [0.1, 0.15) is 5.75 Å². The van der Waals surface area contributed by atoms with Crippen molar-refractivity contribution in [2.24, 2.45) is 0 Å². The molecule has 2 aromatic carbocycles. The molecule has 21 heavy (non-hydrogen) atoms. The van der Waals surface area contributed by atoms with Crippen LogP contribution in [0.15, 0.2) is 42.5 Å². The van der Waals surface area contributed by atoms with Crippen LogP contribution in [0.1, 0.15) is 0 Å². The van der Waals surface area contributed by atoms with E-state index >= 15 is 0 Å². The summed E-state index contributed by atoms with van der Waals surface area (Å²) in [6.45, 7) is 0.112. The van der Waals surface area contributed by atoms with E-state index in [1.807, 2.05) is 24.3 Å². The molecule has 0 atom stereocenters. The second-order valence-corrected chi connectivity index (χ2v) is 5.05. The minimum atomic E-state index is -0.195. The fourth-order valence-electron chi connectivity index (χ4n) is 1.75. The van der Waals surface area contributed by atoms with Crippen LogP contribution in [0.2, 0.25) is 10.0 Å². The van der Waals surface area contributed by atoms with Crippen LogP contribution in [0.3, 0.4) is 0 Å². The minimum absolute atomic E-state index is 0.112. The number of para-hydroxylation sites is 2. The van der Waals surface area contributed by atoms with E-state index in [1.54, 1.807) is 25.3 Å². The highest BCUT2D eigenvalue weighted by Crippen LogP contribution is 2.25. The quantitative estimate of drug-likeness (QED) is 0.872. The molecular formula is C15H14Cl2N2O2. The first-order valence-electron chi connectivity index (χ1n) is 6.22. The number of carbonyl (C=O) groups is 1. The summed E-state index contributed by atoms with van der Waals surface area (Å²) in [5, 5.41) is 6.59. The fraction of sp³-hybridized carbons (Fsp3) is 0.133. The van der Waals surface area contributed by atoms with E-state index in [9.17, 15) is 4.79 Å². The third kappa shape index (κ3) is 4.28. The van der Waals surface area contributed by atoms with Crippen molar-refractivity contribution in [1.29, 1.82) is 0 Å². The average Bonchev–Trinajstić information content (AvgIpc) is 2.49. The molecule has 0 aliphatic rings. The number of benzene rings is 2. The Morgan fingerprint density at radius 1 is 1.14 bits per heavy atom. The number of methoxy groups -OCH3 is 1. The van der Waals surface area contributed by atoms with Gasteiger partial charge in [-0.3, -0.25) is 4.79 Å². The lowest BCUT2D eigenvalue weighted by Crippen LogP contribution is -2.21. The van der Waals surface area contributed by atoms with Crippen molar-refractivity contribution >= 4 is 40.5 Å². The van der Waals surface area contributed by atoms with Gasteiger partial charge in [-0.1, -0.05) is 35.3 Å². The van der Waals surface area contributed by atoms with Crippen LogP contribution in [0, 0.1) is 0 Å². The number of rotatable bonds is 5. The number of nitrogens with one attached hydrogen (secondary N) is 2. The Labute approximate surface area is 133 Å². The molecule has 0 aromatic heterocycles. The van der Waals surface area contributed by atoms with E-state index < -0.39 is 0 Å². The lowest BCUT2D eigenvalue weighted by atomic mass is 10.3. The molecule has 0 aliphatic carbocycles. The number of hydrogen-bond acceptors (Lipinski definition) is 3. The van der Waals surface area contributed by atoms with Crippen LogP contribution < -0.4 is 15.4 Å². The largest absolute Gasteiger partial charge is 0.495 e. The first-order chi connectivity index (χ1) is 10.1. The summed E-state index contributed by atoms with van der Waals surface area (Å²) in [6.07, 6.45) is 0. The predicted molar refractivity (Wildman–Crippen MR) is 86.6 cm³/mol. The smallest absolute Gasteiger partial charge is 0.243 e. The fourth-order valence-corrected chi connectivity index (χ4v) is 2.04. The molecular weight excluding hydrogens is 311 g/mol. The van der Waals surface area contributed by atoms with Gasteiger partial charge in [-0.15, -0.1) is 0 Å². The second-order valence-electron chi connectivity index (χ2n) is 4.23. The van der Waals surface area contributed by atoms with E-state index in [0.717, 1.165) is 5.69 Å². The van der Waals surface area contributed by atoms with Crippen molar-refractivity contribution in [3.63, 3.8) is 0 Å². The van der Waals surface area contributed by atoms with E-state index in [4.69, 9.17) is 27.9 Å². The third-order valence-corrected chi connectivity index (χ3v) is 3.49. The van der Waals surface area contributed by atoms with Gasteiger partial charge >= 0.3 is 0 Å². The maximum absolute atomic E-state index is 11.9. The Bertz CT molecular complexity index is 647. The van der Waals surface area contributed by atoms with Crippen LogP contribution in [0.4, 0.5) is 11.4 Å². The molecule has 0 bridgehead atoms. The predicted octanol–water partition coefficient (Wildman–Crippen LogP) is 4.05. The van der Waals surface area contributed by atoms with E-state index in [-0.39, 0.29) is 12.5 Å². The SMILES string of the molecule is COc1ccccc1NCC(=O)Nc1ccc(Cl)c(Cl)c1. The number of halogens is 2. The summed E-state index contributed by atoms with van der Waals surface area (Å²) in [4.78, 5) is 11.9. The second kappa shape index (κ2) is 7.20. The molecule has 0 saturated carbocycles.